The number of rotatable bonds is 6. The number of hydrogen-bond acceptors (Lipinski definition) is 3. The third kappa shape index (κ3) is 4.25. The zero-order chi connectivity index (χ0) is 16.8. The van der Waals surface area contributed by atoms with E-state index in [2.05, 4.69) is 19.2 Å². The van der Waals surface area contributed by atoms with Crippen molar-refractivity contribution in [1.82, 2.24) is 0 Å². The fraction of sp³-hybridized carbons (Fsp3) is 0.316. The lowest BCUT2D eigenvalue weighted by Crippen LogP contribution is -2.30. The molecule has 0 heterocycles. The number of carbonyl (C=O) groups is 1. The van der Waals surface area contributed by atoms with E-state index in [1.54, 1.807) is 26.2 Å². The molecule has 0 aliphatic rings. The zero-order valence-corrected chi connectivity index (χ0v) is 14.0. The molecule has 0 unspecified atom stereocenters. The number of benzene rings is 2. The predicted molar refractivity (Wildman–Crippen MR) is 92.2 cm³/mol. The maximum atomic E-state index is 12.4. The lowest BCUT2D eigenvalue weighted by atomic mass is 10.0. The van der Waals surface area contributed by atoms with Gasteiger partial charge in [0, 0.05) is 5.69 Å². The zero-order valence-electron chi connectivity index (χ0n) is 14.0. The van der Waals surface area contributed by atoms with Crippen LogP contribution in [0.15, 0.2) is 48.5 Å². The molecule has 0 aromatic heterocycles. The number of amides is 1. The van der Waals surface area contributed by atoms with Gasteiger partial charge in [-0.3, -0.25) is 4.79 Å². The van der Waals surface area contributed by atoms with Crippen LogP contribution in [0.3, 0.4) is 0 Å². The number of hydrogen-bond donors (Lipinski definition) is 1. The van der Waals surface area contributed by atoms with Crippen molar-refractivity contribution in [3.8, 4) is 11.5 Å². The van der Waals surface area contributed by atoms with Crippen molar-refractivity contribution in [3.63, 3.8) is 0 Å². The molecule has 1 atom stereocenters. The van der Waals surface area contributed by atoms with Crippen LogP contribution in [0.4, 0.5) is 5.69 Å². The Kier molecular flexibility index (Phi) is 5.63. The summed E-state index contributed by atoms with van der Waals surface area (Å²) in [6.45, 7) is 5.92. The molecule has 0 saturated carbocycles. The first-order chi connectivity index (χ1) is 11.0. The van der Waals surface area contributed by atoms with Crippen molar-refractivity contribution < 1.29 is 14.3 Å². The Balaban J connectivity index is 2.09. The summed E-state index contributed by atoms with van der Waals surface area (Å²) in [6.07, 6.45) is -0.633. The van der Waals surface area contributed by atoms with Gasteiger partial charge in [-0.05, 0) is 36.6 Å². The number of anilines is 1. The standard InChI is InChI=1S/C19H23NO3/c1-13(2)15-9-5-6-10-16(15)20-19(21)14(3)23-18-12-8-7-11-17(18)22-4/h5-14H,1-4H3,(H,20,21)/t14-/m0/s1. The SMILES string of the molecule is COc1ccccc1O[C@@H](C)C(=O)Nc1ccccc1C(C)C. The summed E-state index contributed by atoms with van der Waals surface area (Å²) in [4.78, 5) is 12.4. The van der Waals surface area contributed by atoms with Crippen LogP contribution in [0, 0.1) is 0 Å². The molecule has 0 saturated heterocycles. The van der Waals surface area contributed by atoms with Gasteiger partial charge >= 0.3 is 0 Å². The van der Waals surface area contributed by atoms with Gasteiger partial charge in [-0.2, -0.15) is 0 Å². The molecular formula is C19H23NO3. The Bertz CT molecular complexity index is 667. The second kappa shape index (κ2) is 7.68. The molecule has 0 fully saturated rings. The average Bonchev–Trinajstić information content (AvgIpc) is 2.55. The highest BCUT2D eigenvalue weighted by Gasteiger charge is 2.18. The quantitative estimate of drug-likeness (QED) is 0.868. The molecule has 122 valence electrons. The van der Waals surface area contributed by atoms with Crippen LogP contribution in [0.5, 0.6) is 11.5 Å². The van der Waals surface area contributed by atoms with E-state index in [4.69, 9.17) is 9.47 Å². The molecule has 0 bridgehead atoms. The lowest BCUT2D eigenvalue weighted by Gasteiger charge is -2.18. The number of para-hydroxylation sites is 3. The number of carbonyl (C=O) groups excluding carboxylic acids is 1. The van der Waals surface area contributed by atoms with Gasteiger partial charge in [0.25, 0.3) is 5.91 Å². The molecule has 0 spiro atoms. The van der Waals surface area contributed by atoms with E-state index in [-0.39, 0.29) is 5.91 Å². The van der Waals surface area contributed by atoms with E-state index in [9.17, 15) is 4.79 Å². The third-order valence-corrected chi connectivity index (χ3v) is 3.58. The topological polar surface area (TPSA) is 47.6 Å². The summed E-state index contributed by atoms with van der Waals surface area (Å²) in [6, 6.07) is 15.1. The normalized spacial score (nSPS) is 11.9. The second-order valence-corrected chi connectivity index (χ2v) is 5.64. The summed E-state index contributed by atoms with van der Waals surface area (Å²) < 4.78 is 11.0. The van der Waals surface area contributed by atoms with Crippen molar-refractivity contribution in [2.75, 3.05) is 12.4 Å². The van der Waals surface area contributed by atoms with Gasteiger partial charge in [0.1, 0.15) is 0 Å². The maximum Gasteiger partial charge on any atom is 0.265 e. The van der Waals surface area contributed by atoms with Gasteiger partial charge in [-0.25, -0.2) is 0 Å². The molecule has 0 radical (unpaired) electrons. The Morgan fingerprint density at radius 2 is 1.57 bits per heavy atom. The molecule has 0 aliphatic carbocycles. The number of nitrogens with one attached hydrogen (secondary N) is 1. The van der Waals surface area contributed by atoms with E-state index in [0.29, 0.717) is 17.4 Å². The third-order valence-electron chi connectivity index (χ3n) is 3.58. The maximum absolute atomic E-state index is 12.4. The van der Waals surface area contributed by atoms with Gasteiger partial charge in [-0.1, -0.05) is 44.2 Å². The largest absolute Gasteiger partial charge is 0.493 e. The highest BCUT2D eigenvalue weighted by atomic mass is 16.5. The van der Waals surface area contributed by atoms with E-state index >= 15 is 0 Å². The second-order valence-electron chi connectivity index (χ2n) is 5.64. The minimum Gasteiger partial charge on any atom is -0.493 e. The average molecular weight is 313 g/mol. The van der Waals surface area contributed by atoms with Crippen LogP contribution < -0.4 is 14.8 Å². The van der Waals surface area contributed by atoms with Crippen molar-refractivity contribution in [2.45, 2.75) is 32.8 Å². The fourth-order valence-corrected chi connectivity index (χ4v) is 2.31. The first kappa shape index (κ1) is 16.9. The number of methoxy groups -OCH3 is 1. The van der Waals surface area contributed by atoms with Crippen LogP contribution in [-0.2, 0) is 4.79 Å². The highest BCUT2D eigenvalue weighted by Crippen LogP contribution is 2.27. The van der Waals surface area contributed by atoms with E-state index in [1.165, 1.54) is 0 Å². The predicted octanol–water partition coefficient (Wildman–Crippen LogP) is 4.22. The number of ether oxygens (including phenoxy) is 2. The Labute approximate surface area is 137 Å². The highest BCUT2D eigenvalue weighted by molar-refractivity contribution is 5.94. The van der Waals surface area contributed by atoms with Crippen molar-refractivity contribution in [3.05, 3.63) is 54.1 Å². The molecule has 2 aromatic rings. The summed E-state index contributed by atoms with van der Waals surface area (Å²) in [5, 5.41) is 2.94. The van der Waals surface area contributed by atoms with Crippen LogP contribution in [0.25, 0.3) is 0 Å². The molecule has 4 nitrogen and oxygen atoms in total. The van der Waals surface area contributed by atoms with E-state index in [0.717, 1.165) is 11.3 Å². The van der Waals surface area contributed by atoms with Gasteiger partial charge in [0.15, 0.2) is 17.6 Å². The molecule has 4 heteroatoms. The van der Waals surface area contributed by atoms with Crippen LogP contribution in [0.1, 0.15) is 32.3 Å². The van der Waals surface area contributed by atoms with Crippen molar-refractivity contribution >= 4 is 11.6 Å². The Morgan fingerprint density at radius 3 is 2.22 bits per heavy atom. The Morgan fingerprint density at radius 1 is 0.957 bits per heavy atom. The first-order valence-electron chi connectivity index (χ1n) is 7.72. The summed E-state index contributed by atoms with van der Waals surface area (Å²) in [5.74, 6) is 1.30. The summed E-state index contributed by atoms with van der Waals surface area (Å²) >= 11 is 0. The smallest absolute Gasteiger partial charge is 0.265 e. The van der Waals surface area contributed by atoms with Crippen molar-refractivity contribution in [2.24, 2.45) is 0 Å². The molecule has 23 heavy (non-hydrogen) atoms. The molecule has 1 amide bonds. The van der Waals surface area contributed by atoms with Gasteiger partial charge in [-0.15, -0.1) is 0 Å². The molecule has 0 aliphatic heterocycles. The van der Waals surface area contributed by atoms with Crippen molar-refractivity contribution in [1.29, 1.82) is 0 Å². The Hall–Kier alpha value is -2.49. The monoisotopic (exact) mass is 313 g/mol. The van der Waals surface area contributed by atoms with Gasteiger partial charge in [0.05, 0.1) is 7.11 Å². The minimum absolute atomic E-state index is 0.191. The lowest BCUT2D eigenvalue weighted by molar-refractivity contribution is -0.122. The molecule has 1 N–H and O–H groups in total. The first-order valence-corrected chi connectivity index (χ1v) is 7.72. The molecule has 2 rings (SSSR count). The summed E-state index contributed by atoms with van der Waals surface area (Å²) in [5.41, 5.74) is 1.92. The van der Waals surface area contributed by atoms with Gasteiger partial charge < -0.3 is 14.8 Å². The molecule has 2 aromatic carbocycles. The molecular weight excluding hydrogens is 290 g/mol. The van der Waals surface area contributed by atoms with Crippen LogP contribution >= 0.6 is 0 Å². The van der Waals surface area contributed by atoms with E-state index < -0.39 is 6.10 Å². The fourth-order valence-electron chi connectivity index (χ4n) is 2.31. The van der Waals surface area contributed by atoms with Gasteiger partial charge in [0.2, 0.25) is 0 Å². The van der Waals surface area contributed by atoms with Crippen LogP contribution in [-0.4, -0.2) is 19.1 Å². The minimum atomic E-state index is -0.633. The van der Waals surface area contributed by atoms with Crippen LogP contribution in [0.2, 0.25) is 0 Å². The van der Waals surface area contributed by atoms with E-state index in [1.807, 2.05) is 36.4 Å². The summed E-state index contributed by atoms with van der Waals surface area (Å²) in [7, 11) is 1.58.